The first-order valence-electron chi connectivity index (χ1n) is 5.12. The molecule has 84 valence electrons. The van der Waals surface area contributed by atoms with E-state index in [-0.39, 0.29) is 9.92 Å². The van der Waals surface area contributed by atoms with Gasteiger partial charge in [0.25, 0.3) is 0 Å². The minimum absolute atomic E-state index is 0.219. The standard InChI is InChI=1S/C10H16N2O2S/c1-3-9(4-2)11-6-8-5-10(12(13)14)15-7-8/h5,7,9,11H,3-4,6H2,1-2H3. The van der Waals surface area contributed by atoms with Crippen LogP contribution in [0, 0.1) is 10.1 Å². The molecule has 5 heteroatoms. The molecule has 0 radical (unpaired) electrons. The molecule has 4 nitrogen and oxygen atoms in total. The molecule has 0 saturated heterocycles. The molecular weight excluding hydrogens is 212 g/mol. The lowest BCUT2D eigenvalue weighted by Gasteiger charge is -2.13. The third-order valence-electron chi connectivity index (χ3n) is 2.40. The van der Waals surface area contributed by atoms with Gasteiger partial charge in [-0.3, -0.25) is 10.1 Å². The van der Waals surface area contributed by atoms with Crippen molar-refractivity contribution in [3.63, 3.8) is 0 Å². The zero-order chi connectivity index (χ0) is 11.3. The molecule has 1 aromatic rings. The van der Waals surface area contributed by atoms with Gasteiger partial charge in [-0.25, -0.2) is 0 Å². The van der Waals surface area contributed by atoms with Gasteiger partial charge in [-0.2, -0.15) is 0 Å². The fraction of sp³-hybridized carbons (Fsp3) is 0.600. The van der Waals surface area contributed by atoms with Gasteiger partial charge in [-0.05, 0) is 18.4 Å². The Morgan fingerprint density at radius 3 is 2.67 bits per heavy atom. The molecule has 0 aliphatic rings. The van der Waals surface area contributed by atoms with Crippen LogP contribution in [0.5, 0.6) is 0 Å². The first-order valence-corrected chi connectivity index (χ1v) is 6.00. The van der Waals surface area contributed by atoms with Crippen molar-refractivity contribution in [1.82, 2.24) is 5.32 Å². The molecule has 0 aliphatic heterocycles. The van der Waals surface area contributed by atoms with Crippen LogP contribution in [-0.4, -0.2) is 11.0 Å². The molecule has 0 unspecified atom stereocenters. The highest BCUT2D eigenvalue weighted by Gasteiger charge is 2.10. The molecule has 0 aromatic carbocycles. The molecule has 0 spiro atoms. The number of nitro groups is 1. The van der Waals surface area contributed by atoms with E-state index in [1.807, 2.05) is 5.38 Å². The van der Waals surface area contributed by atoms with Gasteiger partial charge in [-0.1, -0.05) is 25.2 Å². The summed E-state index contributed by atoms with van der Waals surface area (Å²) < 4.78 is 0. The Morgan fingerprint density at radius 1 is 1.53 bits per heavy atom. The average Bonchev–Trinajstić information content (AvgIpc) is 2.68. The fourth-order valence-electron chi connectivity index (χ4n) is 1.39. The second-order valence-corrected chi connectivity index (χ2v) is 4.33. The lowest BCUT2D eigenvalue weighted by molar-refractivity contribution is -0.380. The minimum Gasteiger partial charge on any atom is -0.310 e. The van der Waals surface area contributed by atoms with E-state index in [0.29, 0.717) is 6.04 Å². The van der Waals surface area contributed by atoms with Crippen molar-refractivity contribution in [3.8, 4) is 0 Å². The summed E-state index contributed by atoms with van der Waals surface area (Å²) in [6.07, 6.45) is 2.17. The third-order valence-corrected chi connectivity index (χ3v) is 3.33. The maximum absolute atomic E-state index is 10.5. The lowest BCUT2D eigenvalue weighted by Crippen LogP contribution is -2.26. The van der Waals surface area contributed by atoms with Crippen LogP contribution in [0.25, 0.3) is 0 Å². The summed E-state index contributed by atoms with van der Waals surface area (Å²) in [5.74, 6) is 0. The van der Waals surface area contributed by atoms with Gasteiger partial charge in [-0.15, -0.1) is 0 Å². The van der Waals surface area contributed by atoms with E-state index in [9.17, 15) is 10.1 Å². The number of nitrogens with zero attached hydrogens (tertiary/aromatic N) is 1. The Hall–Kier alpha value is -0.940. The highest BCUT2D eigenvalue weighted by Crippen LogP contribution is 2.22. The van der Waals surface area contributed by atoms with E-state index in [4.69, 9.17) is 0 Å². The Kier molecular flexibility index (Phi) is 4.71. The van der Waals surface area contributed by atoms with Gasteiger partial charge in [0.1, 0.15) is 0 Å². The van der Waals surface area contributed by atoms with Crippen molar-refractivity contribution in [2.45, 2.75) is 39.3 Å². The molecule has 0 bridgehead atoms. The summed E-state index contributed by atoms with van der Waals surface area (Å²) in [5.41, 5.74) is 0.999. The van der Waals surface area contributed by atoms with Crippen molar-refractivity contribution in [1.29, 1.82) is 0 Å². The lowest BCUT2D eigenvalue weighted by atomic mass is 10.1. The van der Waals surface area contributed by atoms with Crippen LogP contribution >= 0.6 is 11.3 Å². The Balaban J connectivity index is 2.47. The first kappa shape index (κ1) is 12.1. The van der Waals surface area contributed by atoms with Gasteiger partial charge >= 0.3 is 5.00 Å². The highest BCUT2D eigenvalue weighted by atomic mass is 32.1. The molecule has 0 fully saturated rings. The topological polar surface area (TPSA) is 55.2 Å². The Bertz CT molecular complexity index is 321. The maximum Gasteiger partial charge on any atom is 0.324 e. The van der Waals surface area contributed by atoms with E-state index >= 15 is 0 Å². The molecule has 0 amide bonds. The van der Waals surface area contributed by atoms with Crippen LogP contribution in [-0.2, 0) is 6.54 Å². The maximum atomic E-state index is 10.5. The normalized spacial score (nSPS) is 10.9. The van der Waals surface area contributed by atoms with Crippen molar-refractivity contribution in [2.75, 3.05) is 0 Å². The van der Waals surface area contributed by atoms with E-state index < -0.39 is 0 Å². The molecule has 0 saturated carbocycles. The number of hydrogen-bond donors (Lipinski definition) is 1. The van der Waals surface area contributed by atoms with Crippen LogP contribution in [0.15, 0.2) is 11.4 Å². The largest absolute Gasteiger partial charge is 0.324 e. The van der Waals surface area contributed by atoms with Crippen molar-refractivity contribution in [3.05, 3.63) is 27.1 Å². The number of nitrogens with one attached hydrogen (secondary N) is 1. The Labute approximate surface area is 93.5 Å². The highest BCUT2D eigenvalue weighted by molar-refractivity contribution is 7.13. The monoisotopic (exact) mass is 228 g/mol. The fourth-order valence-corrected chi connectivity index (χ4v) is 2.12. The molecule has 1 heterocycles. The van der Waals surface area contributed by atoms with Gasteiger partial charge in [0, 0.05) is 24.0 Å². The molecule has 15 heavy (non-hydrogen) atoms. The molecule has 1 aromatic heterocycles. The van der Waals surface area contributed by atoms with E-state index in [2.05, 4.69) is 19.2 Å². The third kappa shape index (κ3) is 3.60. The van der Waals surface area contributed by atoms with Crippen LogP contribution in [0.2, 0.25) is 0 Å². The Morgan fingerprint density at radius 2 is 2.20 bits per heavy atom. The van der Waals surface area contributed by atoms with Crippen LogP contribution in [0.3, 0.4) is 0 Å². The van der Waals surface area contributed by atoms with E-state index in [0.717, 1.165) is 24.9 Å². The number of hydrogen-bond acceptors (Lipinski definition) is 4. The summed E-state index contributed by atoms with van der Waals surface area (Å²) in [5, 5.41) is 15.9. The number of thiophene rings is 1. The van der Waals surface area contributed by atoms with Crippen LogP contribution in [0.1, 0.15) is 32.3 Å². The molecular formula is C10H16N2O2S. The molecule has 0 atom stereocenters. The molecule has 1 rings (SSSR count). The van der Waals surface area contributed by atoms with E-state index in [1.54, 1.807) is 6.07 Å². The van der Waals surface area contributed by atoms with Crippen molar-refractivity contribution < 1.29 is 4.92 Å². The van der Waals surface area contributed by atoms with Crippen LogP contribution in [0.4, 0.5) is 5.00 Å². The smallest absolute Gasteiger partial charge is 0.310 e. The van der Waals surface area contributed by atoms with Gasteiger partial charge in [0.2, 0.25) is 0 Å². The summed E-state index contributed by atoms with van der Waals surface area (Å²) in [6.45, 7) is 4.99. The summed E-state index contributed by atoms with van der Waals surface area (Å²) in [4.78, 5) is 10.1. The quantitative estimate of drug-likeness (QED) is 0.601. The first-order chi connectivity index (χ1) is 7.17. The predicted octanol–water partition coefficient (Wildman–Crippen LogP) is 2.93. The number of rotatable bonds is 6. The SMILES string of the molecule is CCC(CC)NCc1csc([N+](=O)[O-])c1. The summed E-state index contributed by atoms with van der Waals surface area (Å²) in [6, 6.07) is 2.14. The van der Waals surface area contributed by atoms with Gasteiger partial charge in [0.15, 0.2) is 0 Å². The zero-order valence-electron chi connectivity index (χ0n) is 9.03. The van der Waals surface area contributed by atoms with Crippen molar-refractivity contribution >= 4 is 16.3 Å². The summed E-state index contributed by atoms with van der Waals surface area (Å²) >= 11 is 1.19. The minimum atomic E-state index is -0.342. The molecule has 1 N–H and O–H groups in total. The second kappa shape index (κ2) is 5.82. The predicted molar refractivity (Wildman–Crippen MR) is 62.2 cm³/mol. The van der Waals surface area contributed by atoms with E-state index in [1.165, 1.54) is 11.3 Å². The van der Waals surface area contributed by atoms with Crippen molar-refractivity contribution in [2.24, 2.45) is 0 Å². The van der Waals surface area contributed by atoms with Gasteiger partial charge < -0.3 is 5.32 Å². The average molecular weight is 228 g/mol. The second-order valence-electron chi connectivity index (χ2n) is 3.44. The molecule has 0 aliphatic carbocycles. The van der Waals surface area contributed by atoms with Crippen LogP contribution < -0.4 is 5.32 Å². The van der Waals surface area contributed by atoms with Gasteiger partial charge in [0.05, 0.1) is 4.92 Å². The summed E-state index contributed by atoms with van der Waals surface area (Å²) in [7, 11) is 0. The zero-order valence-corrected chi connectivity index (χ0v) is 9.84.